The Hall–Kier alpha value is -2.62. The molecule has 0 saturated heterocycles. The van der Waals surface area contributed by atoms with Gasteiger partial charge in [-0.05, 0) is 54.0 Å². The maximum absolute atomic E-state index is 14.6. The van der Waals surface area contributed by atoms with Gasteiger partial charge in [-0.15, -0.1) is 0 Å². The molecule has 2 aromatic heterocycles. The number of benzene rings is 2. The standard InChI is InChI=1S/C22H24FN3/c1-12(2)17-11-24-21-15(6-5-13(3)19(17)21)9-14(4)20-18(23)8-7-16-10-25-26-22(16)20/h5-8,10-12,14,24H,9H2,1-4H3,(H,25,26). The Bertz CT molecular complexity index is 1090. The molecule has 0 radical (unpaired) electrons. The highest BCUT2D eigenvalue weighted by Crippen LogP contribution is 2.34. The van der Waals surface area contributed by atoms with Crippen LogP contribution in [0.25, 0.3) is 21.8 Å². The lowest BCUT2D eigenvalue weighted by molar-refractivity contribution is 0.591. The van der Waals surface area contributed by atoms with Crippen LogP contribution in [0.2, 0.25) is 0 Å². The van der Waals surface area contributed by atoms with Crippen molar-refractivity contribution in [1.82, 2.24) is 15.2 Å². The minimum absolute atomic E-state index is 0.0378. The number of halogens is 1. The van der Waals surface area contributed by atoms with Crippen molar-refractivity contribution >= 4 is 21.8 Å². The van der Waals surface area contributed by atoms with Crippen LogP contribution in [0.4, 0.5) is 4.39 Å². The van der Waals surface area contributed by atoms with Crippen molar-refractivity contribution < 1.29 is 4.39 Å². The van der Waals surface area contributed by atoms with Gasteiger partial charge < -0.3 is 4.98 Å². The molecular weight excluding hydrogens is 325 g/mol. The van der Waals surface area contributed by atoms with Crippen molar-refractivity contribution in [3.8, 4) is 0 Å². The van der Waals surface area contributed by atoms with Crippen LogP contribution < -0.4 is 0 Å². The molecule has 0 spiro atoms. The summed E-state index contributed by atoms with van der Waals surface area (Å²) >= 11 is 0. The summed E-state index contributed by atoms with van der Waals surface area (Å²) in [5, 5.41) is 9.30. The summed E-state index contributed by atoms with van der Waals surface area (Å²) in [4.78, 5) is 3.47. The third-order valence-corrected chi connectivity index (χ3v) is 5.41. The topological polar surface area (TPSA) is 44.5 Å². The number of aromatic amines is 2. The second-order valence-corrected chi connectivity index (χ2v) is 7.59. The van der Waals surface area contributed by atoms with Crippen molar-refractivity contribution in [1.29, 1.82) is 0 Å². The first-order valence-corrected chi connectivity index (χ1v) is 9.18. The molecule has 4 aromatic rings. The van der Waals surface area contributed by atoms with E-state index in [1.165, 1.54) is 27.6 Å². The average Bonchev–Trinajstić information content (AvgIpc) is 3.24. The number of aromatic nitrogens is 3. The Balaban J connectivity index is 1.79. The van der Waals surface area contributed by atoms with Crippen LogP contribution in [-0.2, 0) is 6.42 Å². The van der Waals surface area contributed by atoms with E-state index >= 15 is 0 Å². The van der Waals surface area contributed by atoms with E-state index in [1.54, 1.807) is 18.3 Å². The number of hydrogen-bond donors (Lipinski definition) is 2. The van der Waals surface area contributed by atoms with Gasteiger partial charge in [0.15, 0.2) is 0 Å². The molecule has 1 unspecified atom stereocenters. The molecule has 0 amide bonds. The molecule has 0 bridgehead atoms. The zero-order valence-electron chi connectivity index (χ0n) is 15.7. The number of rotatable bonds is 4. The van der Waals surface area contributed by atoms with E-state index in [1.807, 2.05) is 0 Å². The van der Waals surface area contributed by atoms with E-state index in [0.717, 1.165) is 17.3 Å². The number of aryl methyl sites for hydroxylation is 1. The first kappa shape index (κ1) is 16.8. The summed E-state index contributed by atoms with van der Waals surface area (Å²) in [7, 11) is 0. The fraction of sp³-hybridized carbons (Fsp3) is 0.318. The molecule has 2 N–H and O–H groups in total. The molecule has 4 heteroatoms. The molecule has 3 nitrogen and oxygen atoms in total. The van der Waals surface area contributed by atoms with E-state index in [2.05, 4.69) is 61.2 Å². The van der Waals surface area contributed by atoms with E-state index in [9.17, 15) is 4.39 Å². The minimum Gasteiger partial charge on any atom is -0.361 e. The number of nitrogens with zero attached hydrogens (tertiary/aromatic N) is 1. The molecule has 2 heterocycles. The van der Waals surface area contributed by atoms with Gasteiger partial charge in [0.25, 0.3) is 0 Å². The quantitative estimate of drug-likeness (QED) is 0.469. The summed E-state index contributed by atoms with van der Waals surface area (Å²) in [5.41, 5.74) is 6.54. The van der Waals surface area contributed by atoms with Gasteiger partial charge in [-0.1, -0.05) is 32.9 Å². The summed E-state index contributed by atoms with van der Waals surface area (Å²) in [6, 6.07) is 7.66. The number of H-pyrrole nitrogens is 2. The van der Waals surface area contributed by atoms with Gasteiger partial charge in [0, 0.05) is 28.0 Å². The van der Waals surface area contributed by atoms with Crippen molar-refractivity contribution in [2.75, 3.05) is 0 Å². The van der Waals surface area contributed by atoms with Crippen LogP contribution >= 0.6 is 0 Å². The van der Waals surface area contributed by atoms with Gasteiger partial charge in [-0.3, -0.25) is 5.10 Å². The highest BCUT2D eigenvalue weighted by Gasteiger charge is 2.19. The minimum atomic E-state index is -0.174. The lowest BCUT2D eigenvalue weighted by atomic mass is 9.89. The van der Waals surface area contributed by atoms with E-state index in [-0.39, 0.29) is 11.7 Å². The first-order chi connectivity index (χ1) is 12.5. The Kier molecular flexibility index (Phi) is 4.06. The number of nitrogens with one attached hydrogen (secondary N) is 2. The summed E-state index contributed by atoms with van der Waals surface area (Å²) in [5.74, 6) is 0.328. The van der Waals surface area contributed by atoms with Crippen molar-refractivity contribution in [2.45, 2.75) is 46.0 Å². The molecule has 134 valence electrons. The number of fused-ring (bicyclic) bond motifs is 2. The predicted molar refractivity (Wildman–Crippen MR) is 105 cm³/mol. The van der Waals surface area contributed by atoms with Crippen molar-refractivity contribution in [2.24, 2.45) is 0 Å². The van der Waals surface area contributed by atoms with Crippen LogP contribution in [0, 0.1) is 12.7 Å². The fourth-order valence-electron chi connectivity index (χ4n) is 4.06. The van der Waals surface area contributed by atoms with Gasteiger partial charge in [0.2, 0.25) is 0 Å². The predicted octanol–water partition coefficient (Wildman–Crippen LogP) is 5.96. The van der Waals surface area contributed by atoms with Crippen LogP contribution in [0.3, 0.4) is 0 Å². The smallest absolute Gasteiger partial charge is 0.128 e. The number of hydrogen-bond acceptors (Lipinski definition) is 1. The third-order valence-electron chi connectivity index (χ3n) is 5.41. The SMILES string of the molecule is Cc1ccc(CC(C)c2c(F)ccc3cn[nH]c23)c2[nH]cc(C(C)C)c12. The normalized spacial score (nSPS) is 13.2. The molecule has 0 aliphatic rings. The average molecular weight is 349 g/mol. The van der Waals surface area contributed by atoms with Crippen LogP contribution in [0.5, 0.6) is 0 Å². The molecule has 4 rings (SSSR count). The molecule has 0 saturated carbocycles. The summed E-state index contributed by atoms with van der Waals surface area (Å²) in [6.07, 6.45) is 4.63. The lowest BCUT2D eigenvalue weighted by Crippen LogP contribution is -2.03. The molecule has 1 atom stereocenters. The molecule has 0 fully saturated rings. The zero-order chi connectivity index (χ0) is 18.4. The second-order valence-electron chi connectivity index (χ2n) is 7.59. The molecule has 0 aliphatic carbocycles. The highest BCUT2D eigenvalue weighted by molar-refractivity contribution is 5.90. The Morgan fingerprint density at radius 3 is 2.65 bits per heavy atom. The summed E-state index contributed by atoms with van der Waals surface area (Å²) < 4.78 is 14.6. The Morgan fingerprint density at radius 1 is 1.08 bits per heavy atom. The molecule has 2 aromatic carbocycles. The van der Waals surface area contributed by atoms with Crippen molar-refractivity contribution in [3.63, 3.8) is 0 Å². The largest absolute Gasteiger partial charge is 0.361 e. The van der Waals surface area contributed by atoms with Gasteiger partial charge in [-0.25, -0.2) is 4.39 Å². The van der Waals surface area contributed by atoms with Crippen LogP contribution in [0.1, 0.15) is 54.9 Å². The van der Waals surface area contributed by atoms with Crippen LogP contribution in [-0.4, -0.2) is 15.2 Å². The third kappa shape index (κ3) is 2.61. The van der Waals surface area contributed by atoms with E-state index in [4.69, 9.17) is 0 Å². The van der Waals surface area contributed by atoms with Crippen molar-refractivity contribution in [3.05, 3.63) is 64.7 Å². The second kappa shape index (κ2) is 6.27. The van der Waals surface area contributed by atoms with Gasteiger partial charge in [0.1, 0.15) is 5.82 Å². The lowest BCUT2D eigenvalue weighted by Gasteiger charge is -2.16. The van der Waals surface area contributed by atoms with E-state index < -0.39 is 0 Å². The molecule has 0 aliphatic heterocycles. The Labute approximate surface area is 152 Å². The fourth-order valence-corrected chi connectivity index (χ4v) is 4.06. The highest BCUT2D eigenvalue weighted by atomic mass is 19.1. The van der Waals surface area contributed by atoms with Gasteiger partial charge in [-0.2, -0.15) is 5.10 Å². The maximum atomic E-state index is 14.6. The monoisotopic (exact) mass is 349 g/mol. The van der Waals surface area contributed by atoms with Crippen LogP contribution in [0.15, 0.2) is 36.7 Å². The molecule has 26 heavy (non-hydrogen) atoms. The Morgan fingerprint density at radius 2 is 1.88 bits per heavy atom. The maximum Gasteiger partial charge on any atom is 0.128 e. The first-order valence-electron chi connectivity index (χ1n) is 9.18. The zero-order valence-corrected chi connectivity index (χ0v) is 15.7. The summed E-state index contributed by atoms with van der Waals surface area (Å²) in [6.45, 7) is 8.66. The van der Waals surface area contributed by atoms with Gasteiger partial charge >= 0.3 is 0 Å². The molecular formula is C22H24FN3. The van der Waals surface area contributed by atoms with E-state index in [0.29, 0.717) is 11.5 Å². The van der Waals surface area contributed by atoms with Gasteiger partial charge in [0.05, 0.1) is 11.7 Å².